The van der Waals surface area contributed by atoms with Crippen LogP contribution in [0.25, 0.3) is 11.2 Å². The van der Waals surface area contributed by atoms with Gasteiger partial charge in [0.25, 0.3) is 5.89 Å². The zero-order valence-electron chi connectivity index (χ0n) is 15.8. The van der Waals surface area contributed by atoms with Gasteiger partial charge in [0.2, 0.25) is 5.95 Å². The summed E-state index contributed by atoms with van der Waals surface area (Å²) in [5.41, 5.74) is 6.87. The molecule has 12 nitrogen and oxygen atoms in total. The van der Waals surface area contributed by atoms with Crippen molar-refractivity contribution in [2.75, 3.05) is 11.1 Å². The Morgan fingerprint density at radius 3 is 2.69 bits per heavy atom. The molecule has 0 aromatic carbocycles. The number of aromatic nitrogens is 6. The van der Waals surface area contributed by atoms with E-state index in [4.69, 9.17) is 15.0 Å². The number of aliphatic hydroxyl groups is 2. The van der Waals surface area contributed by atoms with Crippen molar-refractivity contribution in [3.63, 3.8) is 0 Å². The molecule has 2 fully saturated rings. The van der Waals surface area contributed by atoms with Gasteiger partial charge in [0.15, 0.2) is 29.6 Å². The summed E-state index contributed by atoms with van der Waals surface area (Å²) in [5.74, 6) is 1.13. The maximum Gasteiger partial charge on any atom is 0.258 e. The SMILES string of the molecule is Cc1noc(C2O[C@@H](n3cnc4c(N)nc(NC5CCCC5)nc43)[C@H](O)[C@@H]2O)n1. The molecule has 0 spiro atoms. The van der Waals surface area contributed by atoms with Crippen LogP contribution in [-0.2, 0) is 4.74 Å². The van der Waals surface area contributed by atoms with Gasteiger partial charge in [-0.15, -0.1) is 0 Å². The summed E-state index contributed by atoms with van der Waals surface area (Å²) >= 11 is 0. The number of ether oxygens (including phenoxy) is 1. The zero-order chi connectivity index (χ0) is 20.1. The Morgan fingerprint density at radius 1 is 1.17 bits per heavy atom. The number of hydrogen-bond acceptors (Lipinski definition) is 11. The molecule has 1 saturated carbocycles. The van der Waals surface area contributed by atoms with Gasteiger partial charge in [-0.25, -0.2) is 4.98 Å². The maximum atomic E-state index is 10.6. The third-order valence-electron chi connectivity index (χ3n) is 5.44. The standard InChI is InChI=1S/C17H22N8O4/c1-7-20-15(29-24-7)12-10(26)11(27)16(28-12)25-6-19-9-13(18)22-17(23-14(9)25)21-8-4-2-3-5-8/h6,8,10-12,16,26-27H,2-5H2,1H3,(H3,18,21,22,23)/t10-,11+,12?,16+/m0/s1. The van der Waals surface area contributed by atoms with Gasteiger partial charge in [0, 0.05) is 6.04 Å². The van der Waals surface area contributed by atoms with Crippen molar-refractivity contribution in [1.29, 1.82) is 0 Å². The molecule has 0 bridgehead atoms. The topological polar surface area (TPSA) is 170 Å². The normalized spacial score (nSPS) is 27.8. The van der Waals surface area contributed by atoms with Gasteiger partial charge >= 0.3 is 0 Å². The summed E-state index contributed by atoms with van der Waals surface area (Å²) < 4.78 is 12.5. The van der Waals surface area contributed by atoms with Crippen molar-refractivity contribution < 1.29 is 19.5 Å². The Labute approximate surface area is 165 Å². The van der Waals surface area contributed by atoms with Crippen molar-refractivity contribution in [2.45, 2.75) is 63.2 Å². The Kier molecular flexibility index (Phi) is 4.33. The first-order valence-corrected chi connectivity index (χ1v) is 9.59. The monoisotopic (exact) mass is 402 g/mol. The number of nitrogens with zero attached hydrogens (tertiary/aromatic N) is 6. The molecule has 0 amide bonds. The predicted molar refractivity (Wildman–Crippen MR) is 99.5 cm³/mol. The van der Waals surface area contributed by atoms with Crippen LogP contribution in [0.5, 0.6) is 0 Å². The molecule has 2 aliphatic rings. The predicted octanol–water partition coefficient (Wildman–Crippen LogP) is 0.446. The lowest BCUT2D eigenvalue weighted by atomic mass is 10.1. The third-order valence-corrected chi connectivity index (χ3v) is 5.44. The van der Waals surface area contributed by atoms with Crippen LogP contribution in [-0.4, -0.2) is 58.1 Å². The molecule has 29 heavy (non-hydrogen) atoms. The molecule has 12 heteroatoms. The second-order valence-corrected chi connectivity index (χ2v) is 7.49. The molecule has 5 rings (SSSR count). The highest BCUT2D eigenvalue weighted by molar-refractivity contribution is 5.83. The van der Waals surface area contributed by atoms with E-state index in [1.165, 1.54) is 23.7 Å². The minimum atomic E-state index is -1.26. The number of rotatable bonds is 4. The summed E-state index contributed by atoms with van der Waals surface area (Å²) in [5, 5.41) is 28.1. The Morgan fingerprint density at radius 2 is 1.97 bits per heavy atom. The number of aryl methyl sites for hydroxylation is 1. The lowest BCUT2D eigenvalue weighted by molar-refractivity contribution is -0.0451. The van der Waals surface area contributed by atoms with Gasteiger partial charge in [-0.05, 0) is 19.8 Å². The number of aliphatic hydroxyl groups excluding tert-OH is 2. The Balaban J connectivity index is 1.48. The Bertz CT molecular complexity index is 1030. The molecule has 1 unspecified atom stereocenters. The van der Waals surface area contributed by atoms with E-state index in [9.17, 15) is 10.2 Å². The van der Waals surface area contributed by atoms with E-state index >= 15 is 0 Å². The van der Waals surface area contributed by atoms with Crippen LogP contribution in [0.3, 0.4) is 0 Å². The summed E-state index contributed by atoms with van der Waals surface area (Å²) in [7, 11) is 0. The number of nitrogens with one attached hydrogen (secondary N) is 1. The van der Waals surface area contributed by atoms with E-state index < -0.39 is 24.5 Å². The van der Waals surface area contributed by atoms with Gasteiger partial charge < -0.3 is 30.5 Å². The van der Waals surface area contributed by atoms with E-state index in [0.29, 0.717) is 29.0 Å². The molecule has 1 aliphatic heterocycles. The highest BCUT2D eigenvalue weighted by Crippen LogP contribution is 2.39. The summed E-state index contributed by atoms with van der Waals surface area (Å²) in [6, 6.07) is 0.309. The molecular weight excluding hydrogens is 380 g/mol. The van der Waals surface area contributed by atoms with Crippen LogP contribution in [0, 0.1) is 6.92 Å². The molecule has 5 N–H and O–H groups in total. The van der Waals surface area contributed by atoms with Crippen molar-refractivity contribution >= 4 is 22.9 Å². The maximum absolute atomic E-state index is 10.6. The minimum Gasteiger partial charge on any atom is -0.387 e. The van der Waals surface area contributed by atoms with E-state index in [1.54, 1.807) is 6.92 Å². The molecule has 0 radical (unpaired) electrons. The molecule has 4 atom stereocenters. The molecule has 154 valence electrons. The summed E-state index contributed by atoms with van der Waals surface area (Å²) in [4.78, 5) is 17.2. The molecule has 1 aliphatic carbocycles. The van der Waals surface area contributed by atoms with Crippen molar-refractivity contribution in [3.8, 4) is 0 Å². The average molecular weight is 402 g/mol. The third kappa shape index (κ3) is 3.09. The van der Waals surface area contributed by atoms with Crippen LogP contribution in [0.15, 0.2) is 10.9 Å². The second kappa shape index (κ2) is 6.90. The van der Waals surface area contributed by atoms with Crippen molar-refractivity contribution in [1.82, 2.24) is 29.7 Å². The van der Waals surface area contributed by atoms with Crippen LogP contribution < -0.4 is 11.1 Å². The van der Waals surface area contributed by atoms with E-state index in [2.05, 4.69) is 30.4 Å². The van der Waals surface area contributed by atoms with Gasteiger partial charge in [-0.2, -0.15) is 15.0 Å². The van der Waals surface area contributed by atoms with Crippen molar-refractivity contribution in [2.24, 2.45) is 0 Å². The van der Waals surface area contributed by atoms with E-state index in [-0.39, 0.29) is 11.7 Å². The second-order valence-electron chi connectivity index (χ2n) is 7.49. The number of hydrogen-bond donors (Lipinski definition) is 4. The smallest absolute Gasteiger partial charge is 0.258 e. The zero-order valence-corrected chi connectivity index (χ0v) is 15.8. The first-order chi connectivity index (χ1) is 14.0. The van der Waals surface area contributed by atoms with Gasteiger partial charge in [0.1, 0.15) is 17.7 Å². The van der Waals surface area contributed by atoms with Crippen LogP contribution in [0.1, 0.15) is 49.7 Å². The van der Waals surface area contributed by atoms with Crippen molar-refractivity contribution in [3.05, 3.63) is 18.0 Å². The van der Waals surface area contributed by atoms with E-state index in [1.807, 2.05) is 0 Å². The highest BCUT2D eigenvalue weighted by Gasteiger charge is 2.47. The van der Waals surface area contributed by atoms with Crippen LogP contribution in [0.4, 0.5) is 11.8 Å². The first-order valence-electron chi connectivity index (χ1n) is 9.59. The minimum absolute atomic E-state index is 0.0960. The fourth-order valence-corrected chi connectivity index (χ4v) is 3.96. The fraction of sp³-hybridized carbons (Fsp3) is 0.588. The van der Waals surface area contributed by atoms with Gasteiger partial charge in [-0.1, -0.05) is 18.0 Å². The molecular formula is C17H22N8O4. The van der Waals surface area contributed by atoms with Gasteiger partial charge in [-0.3, -0.25) is 4.57 Å². The first kappa shape index (κ1) is 18.2. The molecule has 3 aromatic rings. The number of nitrogens with two attached hydrogens (primary N) is 1. The molecule has 1 saturated heterocycles. The number of fused-ring (bicyclic) bond motifs is 1. The number of imidazole rings is 1. The van der Waals surface area contributed by atoms with Crippen LogP contribution >= 0.6 is 0 Å². The average Bonchev–Trinajstić information content (AvgIpc) is 3.46. The van der Waals surface area contributed by atoms with E-state index in [0.717, 1.165) is 12.8 Å². The summed E-state index contributed by atoms with van der Waals surface area (Å²) in [6.45, 7) is 1.66. The Hall–Kier alpha value is -2.83. The molecule has 4 heterocycles. The summed E-state index contributed by atoms with van der Waals surface area (Å²) in [6.07, 6.45) is 1.47. The molecule has 3 aromatic heterocycles. The number of nitrogen functional groups attached to an aromatic ring is 1. The highest BCUT2D eigenvalue weighted by atomic mass is 16.6. The van der Waals surface area contributed by atoms with Crippen LogP contribution in [0.2, 0.25) is 0 Å². The quantitative estimate of drug-likeness (QED) is 0.477. The number of anilines is 2. The largest absolute Gasteiger partial charge is 0.387 e. The fourth-order valence-electron chi connectivity index (χ4n) is 3.96. The van der Waals surface area contributed by atoms with Gasteiger partial charge in [0.05, 0.1) is 6.33 Å². The lowest BCUT2D eigenvalue weighted by Crippen LogP contribution is -2.29. The lowest BCUT2D eigenvalue weighted by Gasteiger charge is -2.17.